The Morgan fingerprint density at radius 1 is 0.952 bits per heavy atom. The summed E-state index contributed by atoms with van der Waals surface area (Å²) in [5.74, 6) is -0.703. The van der Waals surface area contributed by atoms with Gasteiger partial charge in [0.05, 0.1) is 23.5 Å². The van der Waals surface area contributed by atoms with Gasteiger partial charge in [0.25, 0.3) is 0 Å². The highest BCUT2D eigenvalue weighted by atomic mass is 79.9. The molecule has 1 heterocycles. The van der Waals surface area contributed by atoms with Crippen LogP contribution >= 0.6 is 28.1 Å². The molecule has 0 atom stereocenters. The number of rotatable bonds is 4. The van der Waals surface area contributed by atoms with Crippen LogP contribution in [0, 0.1) is 11.6 Å². The summed E-state index contributed by atoms with van der Waals surface area (Å²) in [6.07, 6.45) is 0.925. The lowest BCUT2D eigenvalue weighted by atomic mass is 10.2. The molecule has 0 radical (unpaired) electrons. The van der Waals surface area contributed by atoms with Gasteiger partial charge in [-0.15, -0.1) is 0 Å². The Kier molecular flexibility index (Phi) is 4.35. The molecule has 0 bridgehead atoms. The van der Waals surface area contributed by atoms with Crippen molar-refractivity contribution in [2.45, 2.75) is 6.42 Å². The zero-order valence-corrected chi connectivity index (χ0v) is 13.5. The molecular weight excluding hydrogens is 358 g/mol. The number of alkyl halides is 1. The Balaban J connectivity index is 2.03. The second-order valence-electron chi connectivity index (χ2n) is 4.58. The fourth-order valence-corrected chi connectivity index (χ4v) is 3.63. The third kappa shape index (κ3) is 2.74. The lowest BCUT2D eigenvalue weighted by Gasteiger charge is -2.19. The minimum absolute atomic E-state index is 0.343. The topological polar surface area (TPSA) is 6.48 Å². The summed E-state index contributed by atoms with van der Waals surface area (Å²) in [6, 6.07) is 11.4. The summed E-state index contributed by atoms with van der Waals surface area (Å²) < 4.78 is 31.9. The molecule has 0 fully saturated rings. The smallest absolute Gasteiger partial charge is 0.149 e. The van der Waals surface area contributed by atoms with Crippen LogP contribution in [0.2, 0.25) is 0 Å². The summed E-state index contributed by atoms with van der Waals surface area (Å²) in [6.45, 7) is 0.761. The number of anilines is 3. The van der Waals surface area contributed by atoms with E-state index < -0.39 is 0 Å². The molecular formula is C15H13BrF2N2S. The minimum Gasteiger partial charge on any atom is -0.296 e. The van der Waals surface area contributed by atoms with Crippen molar-refractivity contribution >= 4 is 45.1 Å². The highest BCUT2D eigenvalue weighted by Gasteiger charge is 2.32. The van der Waals surface area contributed by atoms with Gasteiger partial charge >= 0.3 is 0 Å². The fraction of sp³-hybridized carbons (Fsp3) is 0.200. The first-order valence-electron chi connectivity index (χ1n) is 6.57. The molecule has 0 aromatic heterocycles. The zero-order chi connectivity index (χ0) is 14.8. The normalized spacial score (nSPS) is 13.7. The van der Waals surface area contributed by atoms with Crippen LogP contribution in [0.5, 0.6) is 0 Å². The van der Waals surface area contributed by atoms with Crippen molar-refractivity contribution in [3.8, 4) is 0 Å². The Hall–Kier alpha value is -1.27. The van der Waals surface area contributed by atoms with E-state index >= 15 is 0 Å². The van der Waals surface area contributed by atoms with Crippen LogP contribution in [-0.4, -0.2) is 11.9 Å². The molecule has 1 aliphatic rings. The number of hydrogen-bond donors (Lipinski definition) is 0. The number of nitrogens with zero attached hydrogens (tertiary/aromatic N) is 2. The van der Waals surface area contributed by atoms with E-state index in [-0.39, 0.29) is 11.6 Å². The van der Waals surface area contributed by atoms with Crippen molar-refractivity contribution in [2.75, 3.05) is 20.5 Å². The van der Waals surface area contributed by atoms with Crippen LogP contribution in [0.4, 0.5) is 25.8 Å². The average molecular weight is 371 g/mol. The maximum atomic E-state index is 14.2. The second-order valence-corrected chi connectivity index (χ2v) is 6.34. The Morgan fingerprint density at radius 3 is 2.43 bits per heavy atom. The molecule has 1 aliphatic heterocycles. The maximum Gasteiger partial charge on any atom is 0.149 e. The average Bonchev–Trinajstić information content (AvgIpc) is 2.86. The molecule has 3 rings (SSSR count). The Morgan fingerprint density at radius 2 is 1.67 bits per heavy atom. The highest BCUT2D eigenvalue weighted by molar-refractivity contribution is 9.09. The molecule has 0 spiro atoms. The summed E-state index contributed by atoms with van der Waals surface area (Å²) in [5, 5.41) is 0.869. The van der Waals surface area contributed by atoms with E-state index in [1.807, 2.05) is 10.4 Å². The predicted molar refractivity (Wildman–Crippen MR) is 88.3 cm³/mol. The number of hydrogen-bond acceptors (Lipinski definition) is 3. The highest BCUT2D eigenvalue weighted by Crippen LogP contribution is 2.50. The van der Waals surface area contributed by atoms with Crippen LogP contribution in [-0.2, 0) is 0 Å². The van der Waals surface area contributed by atoms with E-state index in [1.54, 1.807) is 28.6 Å². The minimum atomic E-state index is -0.360. The van der Waals surface area contributed by atoms with Gasteiger partial charge in [-0.05, 0) is 30.7 Å². The molecule has 0 unspecified atom stereocenters. The lowest BCUT2D eigenvalue weighted by molar-refractivity contribution is 0.623. The van der Waals surface area contributed by atoms with Gasteiger partial charge in [0, 0.05) is 11.9 Å². The van der Waals surface area contributed by atoms with Crippen LogP contribution in [0.1, 0.15) is 6.42 Å². The van der Waals surface area contributed by atoms with E-state index in [0.717, 1.165) is 24.0 Å². The first-order chi connectivity index (χ1) is 10.2. The summed E-state index contributed by atoms with van der Waals surface area (Å²) >= 11 is 4.73. The van der Waals surface area contributed by atoms with E-state index in [9.17, 15) is 8.78 Å². The molecule has 21 heavy (non-hydrogen) atoms. The second kappa shape index (κ2) is 6.23. The Labute approximate surface area is 135 Å². The van der Waals surface area contributed by atoms with Gasteiger partial charge in [-0.25, -0.2) is 8.78 Å². The van der Waals surface area contributed by atoms with Gasteiger partial charge < -0.3 is 0 Å². The molecule has 2 aromatic rings. The molecule has 0 N–H and O–H groups in total. The van der Waals surface area contributed by atoms with Crippen molar-refractivity contribution in [1.82, 2.24) is 0 Å². The van der Waals surface area contributed by atoms with Gasteiger partial charge in [0.15, 0.2) is 0 Å². The fourth-order valence-electron chi connectivity index (χ4n) is 2.24. The first-order valence-corrected chi connectivity index (χ1v) is 8.42. The van der Waals surface area contributed by atoms with Crippen LogP contribution in [0.25, 0.3) is 0 Å². The first kappa shape index (κ1) is 14.7. The van der Waals surface area contributed by atoms with Crippen LogP contribution < -0.4 is 8.61 Å². The van der Waals surface area contributed by atoms with E-state index in [1.165, 1.54) is 24.3 Å². The molecule has 2 aromatic carbocycles. The lowest BCUT2D eigenvalue weighted by Crippen LogP contribution is -2.15. The molecule has 0 aliphatic carbocycles. The third-order valence-electron chi connectivity index (χ3n) is 3.18. The predicted octanol–water partition coefficient (Wildman–Crippen LogP) is 5.27. The van der Waals surface area contributed by atoms with Crippen LogP contribution in [0.15, 0.2) is 42.5 Å². The molecule has 0 saturated carbocycles. The molecule has 0 saturated heterocycles. The van der Waals surface area contributed by atoms with Crippen molar-refractivity contribution in [2.24, 2.45) is 0 Å². The quantitative estimate of drug-likeness (QED) is 0.534. The van der Waals surface area contributed by atoms with E-state index in [4.69, 9.17) is 0 Å². The summed E-state index contributed by atoms with van der Waals surface area (Å²) in [7, 11) is 0. The number of para-hydroxylation sites is 2. The van der Waals surface area contributed by atoms with E-state index in [0.29, 0.717) is 11.4 Å². The van der Waals surface area contributed by atoms with Gasteiger partial charge in [0.1, 0.15) is 17.3 Å². The monoisotopic (exact) mass is 370 g/mol. The standard InChI is InChI=1S/C15H13BrF2N2S/c16-9-4-10-19-14-8-3-6-12(18)15(14)20(21-19)13-7-2-1-5-11(13)17/h1-3,5-8H,4,9-10H2. The largest absolute Gasteiger partial charge is 0.296 e. The van der Waals surface area contributed by atoms with Crippen molar-refractivity contribution in [3.63, 3.8) is 0 Å². The molecule has 6 heteroatoms. The van der Waals surface area contributed by atoms with E-state index in [2.05, 4.69) is 15.9 Å². The Bertz CT molecular complexity index is 653. The number of fused-ring (bicyclic) bond motifs is 1. The summed E-state index contributed by atoms with van der Waals surface area (Å²) in [4.78, 5) is 0. The van der Waals surface area contributed by atoms with Gasteiger partial charge in [-0.1, -0.05) is 34.1 Å². The molecule has 110 valence electrons. The van der Waals surface area contributed by atoms with Crippen molar-refractivity contribution < 1.29 is 8.78 Å². The third-order valence-corrected chi connectivity index (χ3v) is 4.86. The summed E-state index contributed by atoms with van der Waals surface area (Å²) in [5.41, 5.74) is 1.57. The maximum absolute atomic E-state index is 14.2. The molecule has 0 amide bonds. The van der Waals surface area contributed by atoms with Crippen molar-refractivity contribution in [1.29, 1.82) is 0 Å². The number of halogens is 3. The van der Waals surface area contributed by atoms with Crippen LogP contribution in [0.3, 0.4) is 0 Å². The number of benzene rings is 2. The SMILES string of the molecule is Fc1ccccc1N1SN(CCCBr)c2cccc(F)c21. The van der Waals surface area contributed by atoms with Gasteiger partial charge in [-0.3, -0.25) is 8.61 Å². The molecule has 2 nitrogen and oxygen atoms in total. The zero-order valence-electron chi connectivity index (χ0n) is 11.1. The van der Waals surface area contributed by atoms with Gasteiger partial charge in [-0.2, -0.15) is 0 Å². The van der Waals surface area contributed by atoms with Crippen molar-refractivity contribution in [3.05, 3.63) is 54.1 Å². The van der Waals surface area contributed by atoms with Gasteiger partial charge in [0.2, 0.25) is 0 Å².